The zero-order chi connectivity index (χ0) is 13.5. The quantitative estimate of drug-likeness (QED) is 0.629. The molecule has 2 unspecified atom stereocenters. The normalized spacial score (nSPS) is 23.2. The van der Waals surface area contributed by atoms with Gasteiger partial charge in [-0.25, -0.2) is 0 Å². The van der Waals surface area contributed by atoms with Crippen LogP contribution in [0.3, 0.4) is 0 Å². The number of rotatable bonds is 6. The van der Waals surface area contributed by atoms with Gasteiger partial charge in [0.1, 0.15) is 12.4 Å². The van der Waals surface area contributed by atoms with Crippen LogP contribution in [0.1, 0.15) is 39.0 Å². The monoisotopic (exact) mass is 263 g/mol. The molecule has 1 aliphatic rings. The first kappa shape index (κ1) is 14.2. The highest BCUT2D eigenvalue weighted by Crippen LogP contribution is 2.28. The van der Waals surface area contributed by atoms with E-state index in [0.29, 0.717) is 19.3 Å². The standard InChI is InChI=1S/C16H25NO2/c1-2-13-4-3-5-16(12-13)19-11-10-18-15-8-6-14(17)7-9-15/h6-9,13,16H,2-5,10-12,17H2,1H3. The molecule has 0 radical (unpaired) electrons. The number of hydrogen-bond donors (Lipinski definition) is 1. The topological polar surface area (TPSA) is 44.5 Å². The Labute approximate surface area is 116 Å². The van der Waals surface area contributed by atoms with Gasteiger partial charge in [-0.05, 0) is 43.0 Å². The Morgan fingerprint density at radius 3 is 2.68 bits per heavy atom. The van der Waals surface area contributed by atoms with Crippen molar-refractivity contribution in [2.75, 3.05) is 18.9 Å². The Morgan fingerprint density at radius 1 is 1.16 bits per heavy atom. The molecule has 3 heteroatoms. The first-order valence-electron chi connectivity index (χ1n) is 7.38. The van der Waals surface area contributed by atoms with Gasteiger partial charge in [-0.1, -0.05) is 26.2 Å². The molecule has 1 saturated carbocycles. The molecule has 0 saturated heterocycles. The van der Waals surface area contributed by atoms with Gasteiger partial charge >= 0.3 is 0 Å². The summed E-state index contributed by atoms with van der Waals surface area (Å²) in [5.74, 6) is 1.71. The fourth-order valence-electron chi connectivity index (χ4n) is 2.70. The summed E-state index contributed by atoms with van der Waals surface area (Å²) in [6.07, 6.45) is 6.83. The molecule has 1 aliphatic carbocycles. The van der Waals surface area contributed by atoms with Crippen LogP contribution < -0.4 is 10.5 Å². The van der Waals surface area contributed by atoms with E-state index in [-0.39, 0.29) is 0 Å². The van der Waals surface area contributed by atoms with Gasteiger partial charge in [0, 0.05) is 5.69 Å². The second-order valence-corrected chi connectivity index (χ2v) is 5.35. The first-order chi connectivity index (χ1) is 9.28. The predicted molar refractivity (Wildman–Crippen MR) is 78.3 cm³/mol. The summed E-state index contributed by atoms with van der Waals surface area (Å²) in [5.41, 5.74) is 6.39. The van der Waals surface area contributed by atoms with E-state index in [1.165, 1.54) is 32.1 Å². The molecule has 2 rings (SSSR count). The van der Waals surface area contributed by atoms with E-state index in [1.807, 2.05) is 24.3 Å². The molecule has 1 aromatic carbocycles. The largest absolute Gasteiger partial charge is 0.491 e. The van der Waals surface area contributed by atoms with Crippen molar-refractivity contribution >= 4 is 5.69 Å². The number of benzene rings is 1. The van der Waals surface area contributed by atoms with E-state index in [4.69, 9.17) is 15.2 Å². The van der Waals surface area contributed by atoms with Crippen molar-refractivity contribution in [3.05, 3.63) is 24.3 Å². The molecule has 2 N–H and O–H groups in total. The van der Waals surface area contributed by atoms with Gasteiger partial charge in [0.15, 0.2) is 0 Å². The van der Waals surface area contributed by atoms with E-state index in [1.54, 1.807) is 0 Å². The molecule has 0 amide bonds. The molecule has 2 atom stereocenters. The Morgan fingerprint density at radius 2 is 1.95 bits per heavy atom. The summed E-state index contributed by atoms with van der Waals surface area (Å²) in [7, 11) is 0. The summed E-state index contributed by atoms with van der Waals surface area (Å²) < 4.78 is 11.5. The maximum Gasteiger partial charge on any atom is 0.119 e. The lowest BCUT2D eigenvalue weighted by Gasteiger charge is -2.28. The molecule has 0 aliphatic heterocycles. The van der Waals surface area contributed by atoms with Crippen LogP contribution in [0.4, 0.5) is 5.69 Å². The van der Waals surface area contributed by atoms with Gasteiger partial charge in [-0.3, -0.25) is 0 Å². The van der Waals surface area contributed by atoms with Gasteiger partial charge in [0.2, 0.25) is 0 Å². The average Bonchev–Trinajstić information content (AvgIpc) is 2.46. The third kappa shape index (κ3) is 4.75. The van der Waals surface area contributed by atoms with Crippen molar-refractivity contribution in [1.82, 2.24) is 0 Å². The Bertz CT molecular complexity index is 364. The van der Waals surface area contributed by atoms with Crippen LogP contribution in [0.5, 0.6) is 5.75 Å². The lowest BCUT2D eigenvalue weighted by Crippen LogP contribution is -2.24. The van der Waals surface area contributed by atoms with Crippen LogP contribution >= 0.6 is 0 Å². The predicted octanol–water partition coefficient (Wildman–Crippen LogP) is 3.63. The van der Waals surface area contributed by atoms with Gasteiger partial charge < -0.3 is 15.2 Å². The van der Waals surface area contributed by atoms with Gasteiger partial charge in [-0.15, -0.1) is 0 Å². The molecule has 3 nitrogen and oxygen atoms in total. The number of anilines is 1. The third-order valence-corrected chi connectivity index (χ3v) is 3.90. The van der Waals surface area contributed by atoms with Crippen LogP contribution in [0.25, 0.3) is 0 Å². The second kappa shape index (κ2) is 7.39. The van der Waals surface area contributed by atoms with E-state index < -0.39 is 0 Å². The SMILES string of the molecule is CCC1CCCC(OCCOc2ccc(N)cc2)C1. The van der Waals surface area contributed by atoms with Crippen molar-refractivity contribution in [3.8, 4) is 5.75 Å². The molecule has 0 bridgehead atoms. The molecule has 0 spiro atoms. The molecule has 0 aromatic heterocycles. The summed E-state index contributed by atoms with van der Waals surface area (Å²) in [6, 6.07) is 7.48. The number of hydrogen-bond acceptors (Lipinski definition) is 3. The van der Waals surface area contributed by atoms with Crippen molar-refractivity contribution in [3.63, 3.8) is 0 Å². The lowest BCUT2D eigenvalue weighted by atomic mass is 9.85. The van der Waals surface area contributed by atoms with Crippen LogP contribution in [-0.2, 0) is 4.74 Å². The lowest BCUT2D eigenvalue weighted by molar-refractivity contribution is -0.000656. The highest BCUT2D eigenvalue weighted by Gasteiger charge is 2.20. The van der Waals surface area contributed by atoms with Gasteiger partial charge in [0.05, 0.1) is 12.7 Å². The minimum absolute atomic E-state index is 0.439. The van der Waals surface area contributed by atoms with Gasteiger partial charge in [0.25, 0.3) is 0 Å². The number of nitrogen functional groups attached to an aromatic ring is 1. The Kier molecular flexibility index (Phi) is 5.52. The van der Waals surface area contributed by atoms with E-state index in [2.05, 4.69) is 6.92 Å². The van der Waals surface area contributed by atoms with Crippen LogP contribution in [0.2, 0.25) is 0 Å². The van der Waals surface area contributed by atoms with Crippen LogP contribution in [-0.4, -0.2) is 19.3 Å². The van der Waals surface area contributed by atoms with Crippen LogP contribution in [0.15, 0.2) is 24.3 Å². The molecular weight excluding hydrogens is 238 g/mol. The molecule has 1 aromatic rings. The summed E-state index contributed by atoms with van der Waals surface area (Å²) in [4.78, 5) is 0. The van der Waals surface area contributed by atoms with E-state index in [0.717, 1.165) is 17.4 Å². The molecule has 1 fully saturated rings. The fraction of sp³-hybridized carbons (Fsp3) is 0.625. The smallest absolute Gasteiger partial charge is 0.119 e. The Hall–Kier alpha value is -1.22. The highest BCUT2D eigenvalue weighted by molar-refractivity contribution is 5.41. The van der Waals surface area contributed by atoms with Crippen molar-refractivity contribution < 1.29 is 9.47 Å². The minimum Gasteiger partial charge on any atom is -0.491 e. The molecular formula is C16H25NO2. The van der Waals surface area contributed by atoms with Crippen molar-refractivity contribution in [2.24, 2.45) is 5.92 Å². The molecule has 19 heavy (non-hydrogen) atoms. The van der Waals surface area contributed by atoms with Gasteiger partial charge in [-0.2, -0.15) is 0 Å². The van der Waals surface area contributed by atoms with Crippen molar-refractivity contribution in [1.29, 1.82) is 0 Å². The maximum absolute atomic E-state index is 5.91. The molecule has 0 heterocycles. The first-order valence-corrected chi connectivity index (χ1v) is 7.38. The molecule has 106 valence electrons. The average molecular weight is 263 g/mol. The fourth-order valence-corrected chi connectivity index (χ4v) is 2.70. The maximum atomic E-state index is 5.91. The Balaban J connectivity index is 1.62. The number of nitrogens with two attached hydrogens (primary N) is 1. The zero-order valence-electron chi connectivity index (χ0n) is 11.8. The highest BCUT2D eigenvalue weighted by atomic mass is 16.5. The van der Waals surface area contributed by atoms with E-state index >= 15 is 0 Å². The van der Waals surface area contributed by atoms with Crippen LogP contribution in [0, 0.1) is 5.92 Å². The minimum atomic E-state index is 0.439. The summed E-state index contributed by atoms with van der Waals surface area (Å²) in [6.45, 7) is 3.56. The summed E-state index contributed by atoms with van der Waals surface area (Å²) in [5, 5.41) is 0. The van der Waals surface area contributed by atoms with Crippen molar-refractivity contribution in [2.45, 2.75) is 45.1 Å². The second-order valence-electron chi connectivity index (χ2n) is 5.35. The van der Waals surface area contributed by atoms with E-state index in [9.17, 15) is 0 Å². The zero-order valence-corrected chi connectivity index (χ0v) is 11.8. The number of ether oxygens (including phenoxy) is 2. The summed E-state index contributed by atoms with van der Waals surface area (Å²) >= 11 is 0. The third-order valence-electron chi connectivity index (χ3n) is 3.90.